The lowest BCUT2D eigenvalue weighted by molar-refractivity contribution is -0.274. The largest absolute Gasteiger partial charge is 0.573 e. The first-order chi connectivity index (χ1) is 15.3. The topological polar surface area (TPSA) is 137 Å². The van der Waals surface area contributed by atoms with Crippen molar-refractivity contribution in [2.45, 2.75) is 24.7 Å². The smallest absolute Gasteiger partial charge is 0.473 e. The predicted molar refractivity (Wildman–Crippen MR) is 109 cm³/mol. The number of benzene rings is 1. The molecule has 182 valence electrons. The molecule has 33 heavy (non-hydrogen) atoms. The number of aryl methyl sites for hydroxylation is 1. The molecule has 0 aliphatic carbocycles. The highest BCUT2D eigenvalue weighted by molar-refractivity contribution is 7.89. The fraction of sp³-hybridized carbons (Fsp3) is 0.389. The number of carbonyl (C=O) groups is 2. The molecule has 3 rings (SSSR count). The second-order valence-electron chi connectivity index (χ2n) is 6.67. The second-order valence-corrected chi connectivity index (χ2v) is 9.67. The first kappa shape index (κ1) is 26.5. The number of aliphatic carboxylic acids is 2. The van der Waals surface area contributed by atoms with Crippen molar-refractivity contribution in [2.24, 2.45) is 0 Å². The highest BCUT2D eigenvalue weighted by Gasteiger charge is 2.32. The number of alkyl halides is 3. The molecule has 0 atom stereocenters. The van der Waals surface area contributed by atoms with Crippen LogP contribution in [-0.4, -0.2) is 77.3 Å². The van der Waals surface area contributed by atoms with Crippen LogP contribution in [-0.2, 0) is 26.2 Å². The van der Waals surface area contributed by atoms with Crippen molar-refractivity contribution in [1.82, 2.24) is 14.2 Å². The van der Waals surface area contributed by atoms with Crippen LogP contribution in [0.25, 0.3) is 0 Å². The van der Waals surface area contributed by atoms with E-state index in [4.69, 9.17) is 19.8 Å². The summed E-state index contributed by atoms with van der Waals surface area (Å²) in [5.74, 6) is -4.10. The van der Waals surface area contributed by atoms with Crippen molar-refractivity contribution in [1.29, 1.82) is 0 Å². The number of nitrogens with zero attached hydrogens (tertiary/aromatic N) is 3. The molecule has 0 radical (unpaired) electrons. The molecule has 1 aromatic carbocycles. The van der Waals surface area contributed by atoms with Crippen LogP contribution in [0.15, 0.2) is 34.5 Å². The molecule has 1 aliphatic heterocycles. The minimum Gasteiger partial charge on any atom is -0.473 e. The molecule has 0 bridgehead atoms. The van der Waals surface area contributed by atoms with E-state index in [1.54, 1.807) is 11.3 Å². The van der Waals surface area contributed by atoms with E-state index < -0.39 is 34.1 Å². The van der Waals surface area contributed by atoms with Gasteiger partial charge in [-0.15, -0.1) is 24.5 Å². The van der Waals surface area contributed by atoms with E-state index in [-0.39, 0.29) is 4.90 Å². The number of halogens is 3. The first-order valence-corrected chi connectivity index (χ1v) is 11.6. The molecular formula is C18H20F3N3O7S2. The number of carboxylic acid groups (broad SMARTS) is 2. The molecule has 2 N–H and O–H groups in total. The van der Waals surface area contributed by atoms with Gasteiger partial charge >= 0.3 is 18.3 Å². The summed E-state index contributed by atoms with van der Waals surface area (Å²) in [6, 6.07) is 4.25. The summed E-state index contributed by atoms with van der Waals surface area (Å²) >= 11 is 1.57. The lowest BCUT2D eigenvalue weighted by atomic mass is 10.3. The van der Waals surface area contributed by atoms with Gasteiger partial charge in [-0.25, -0.2) is 23.0 Å². The summed E-state index contributed by atoms with van der Waals surface area (Å²) in [6.45, 7) is 4.35. The fourth-order valence-electron chi connectivity index (χ4n) is 2.80. The van der Waals surface area contributed by atoms with Crippen LogP contribution < -0.4 is 4.74 Å². The maximum atomic E-state index is 12.7. The van der Waals surface area contributed by atoms with E-state index in [9.17, 15) is 21.6 Å². The van der Waals surface area contributed by atoms with Gasteiger partial charge in [-0.2, -0.15) is 4.31 Å². The summed E-state index contributed by atoms with van der Waals surface area (Å²) in [7, 11) is -3.76. The second kappa shape index (κ2) is 10.9. The monoisotopic (exact) mass is 511 g/mol. The van der Waals surface area contributed by atoms with Crippen molar-refractivity contribution in [2.75, 3.05) is 26.2 Å². The van der Waals surface area contributed by atoms with Gasteiger partial charge in [0, 0.05) is 38.1 Å². The number of piperazine rings is 1. The molecule has 1 saturated heterocycles. The van der Waals surface area contributed by atoms with Crippen LogP contribution in [0, 0.1) is 6.92 Å². The Labute approximate surface area is 190 Å². The van der Waals surface area contributed by atoms with Crippen molar-refractivity contribution < 1.29 is 46.1 Å². The molecular weight excluding hydrogens is 491 g/mol. The van der Waals surface area contributed by atoms with E-state index >= 15 is 0 Å². The highest BCUT2D eigenvalue weighted by Crippen LogP contribution is 2.25. The van der Waals surface area contributed by atoms with E-state index in [1.807, 2.05) is 12.3 Å². The SMILES string of the molecule is Cc1nc(CN2CCN(S(=O)(=O)c3ccc(OC(F)(F)F)cc3)CC2)cs1.O=C(O)C(=O)O. The third-order valence-corrected chi connectivity index (χ3v) is 7.00. The Bertz CT molecular complexity index is 1050. The van der Waals surface area contributed by atoms with Gasteiger partial charge in [0.2, 0.25) is 10.0 Å². The predicted octanol–water partition coefficient (Wildman–Crippen LogP) is 2.01. The summed E-state index contributed by atoms with van der Waals surface area (Å²) in [4.78, 5) is 24.7. The van der Waals surface area contributed by atoms with E-state index in [2.05, 4.69) is 14.6 Å². The quantitative estimate of drug-likeness (QED) is 0.578. The summed E-state index contributed by atoms with van der Waals surface area (Å²) in [6.07, 6.45) is -4.81. The van der Waals surface area contributed by atoms with Crippen LogP contribution in [0.1, 0.15) is 10.7 Å². The van der Waals surface area contributed by atoms with Gasteiger partial charge in [0.25, 0.3) is 0 Å². The third-order valence-electron chi connectivity index (χ3n) is 4.26. The van der Waals surface area contributed by atoms with Crippen molar-refractivity contribution in [3.8, 4) is 5.75 Å². The van der Waals surface area contributed by atoms with Gasteiger partial charge in [0.1, 0.15) is 5.75 Å². The van der Waals surface area contributed by atoms with Crippen LogP contribution in [0.2, 0.25) is 0 Å². The van der Waals surface area contributed by atoms with Gasteiger partial charge in [-0.1, -0.05) is 0 Å². The number of carboxylic acids is 2. The number of ether oxygens (including phenoxy) is 1. The van der Waals surface area contributed by atoms with Crippen LogP contribution in [0.5, 0.6) is 5.75 Å². The Morgan fingerprint density at radius 1 is 1.09 bits per heavy atom. The Hall–Kier alpha value is -2.75. The zero-order valence-electron chi connectivity index (χ0n) is 17.1. The maximum Gasteiger partial charge on any atom is 0.573 e. The van der Waals surface area contributed by atoms with Gasteiger partial charge in [0.15, 0.2) is 0 Å². The number of hydrogen-bond acceptors (Lipinski definition) is 8. The van der Waals surface area contributed by atoms with Gasteiger partial charge in [0.05, 0.1) is 15.6 Å². The number of aromatic nitrogens is 1. The fourth-order valence-corrected chi connectivity index (χ4v) is 4.83. The molecule has 1 aromatic heterocycles. The summed E-state index contributed by atoms with van der Waals surface area (Å²) in [5, 5.41) is 17.8. The molecule has 0 amide bonds. The zero-order valence-corrected chi connectivity index (χ0v) is 18.8. The number of hydrogen-bond donors (Lipinski definition) is 2. The Kier molecular flexibility index (Phi) is 8.76. The molecule has 1 aliphatic rings. The average Bonchev–Trinajstić information content (AvgIpc) is 3.12. The lowest BCUT2D eigenvalue weighted by Crippen LogP contribution is -2.48. The van der Waals surface area contributed by atoms with Crippen LogP contribution >= 0.6 is 11.3 Å². The van der Waals surface area contributed by atoms with E-state index in [0.29, 0.717) is 32.7 Å². The van der Waals surface area contributed by atoms with Crippen LogP contribution in [0.4, 0.5) is 13.2 Å². The Morgan fingerprint density at radius 2 is 1.64 bits per heavy atom. The molecule has 2 aromatic rings. The molecule has 15 heteroatoms. The summed E-state index contributed by atoms with van der Waals surface area (Å²) < 4.78 is 67.1. The van der Waals surface area contributed by atoms with Crippen molar-refractivity contribution in [3.05, 3.63) is 40.3 Å². The molecule has 0 saturated carbocycles. The normalized spacial score (nSPS) is 15.4. The standard InChI is InChI=1S/C16H18F3N3O3S2.C2H2O4/c1-12-20-13(11-26-12)10-21-6-8-22(9-7-21)27(23,24)15-4-2-14(3-5-15)25-16(17,18)19;3-1(4)2(5)6/h2-5,11H,6-10H2,1H3;(H,3,4)(H,5,6). The highest BCUT2D eigenvalue weighted by atomic mass is 32.2. The Morgan fingerprint density at radius 3 is 2.06 bits per heavy atom. The minimum absolute atomic E-state index is 0.0550. The number of thiazole rings is 1. The number of sulfonamides is 1. The van der Waals surface area contributed by atoms with E-state index in [1.165, 1.54) is 4.31 Å². The maximum absolute atomic E-state index is 12.7. The molecule has 2 heterocycles. The van der Waals surface area contributed by atoms with Gasteiger partial charge in [-0.3, -0.25) is 4.90 Å². The first-order valence-electron chi connectivity index (χ1n) is 9.23. The Balaban J connectivity index is 0.000000569. The lowest BCUT2D eigenvalue weighted by Gasteiger charge is -2.33. The zero-order chi connectivity index (χ0) is 24.8. The summed E-state index contributed by atoms with van der Waals surface area (Å²) in [5.41, 5.74) is 0.967. The average molecular weight is 512 g/mol. The third kappa shape index (κ3) is 8.27. The number of rotatable bonds is 5. The van der Waals surface area contributed by atoms with Crippen LogP contribution in [0.3, 0.4) is 0 Å². The molecule has 10 nitrogen and oxygen atoms in total. The van der Waals surface area contributed by atoms with Gasteiger partial charge in [-0.05, 0) is 31.2 Å². The van der Waals surface area contributed by atoms with E-state index in [0.717, 1.165) is 35.0 Å². The molecule has 0 unspecified atom stereocenters. The van der Waals surface area contributed by atoms with Crippen molar-refractivity contribution >= 4 is 33.3 Å². The molecule has 0 spiro atoms. The minimum atomic E-state index is -4.81. The molecule has 1 fully saturated rings. The van der Waals surface area contributed by atoms with Gasteiger partial charge < -0.3 is 14.9 Å². The van der Waals surface area contributed by atoms with Crippen molar-refractivity contribution in [3.63, 3.8) is 0 Å².